The summed E-state index contributed by atoms with van der Waals surface area (Å²) in [6, 6.07) is 2.11. The van der Waals surface area contributed by atoms with Crippen LogP contribution in [-0.4, -0.2) is 13.1 Å². The van der Waals surface area contributed by atoms with Crippen LogP contribution in [0, 0.1) is 0 Å². The van der Waals surface area contributed by atoms with E-state index in [0.717, 1.165) is 12.1 Å². The van der Waals surface area contributed by atoms with Gasteiger partial charge in [0.1, 0.15) is 0 Å². The Kier molecular flexibility index (Phi) is 6.78. The van der Waals surface area contributed by atoms with E-state index in [-0.39, 0.29) is 29.1 Å². The first-order valence-electron chi connectivity index (χ1n) is 8.18. The van der Waals surface area contributed by atoms with Gasteiger partial charge in [-0.3, -0.25) is 0 Å². The average molecular weight is 386 g/mol. The fourth-order valence-corrected chi connectivity index (χ4v) is 6.21. The Bertz CT molecular complexity index is 537. The van der Waals surface area contributed by atoms with Crippen molar-refractivity contribution in [2.45, 2.75) is 70.0 Å². The molecule has 0 heterocycles. The molecule has 0 atom stereocenters. The number of rotatable bonds is 6. The molecule has 0 fully saturated rings. The van der Waals surface area contributed by atoms with E-state index >= 15 is 0 Å². The molecule has 0 aliphatic rings. The summed E-state index contributed by atoms with van der Waals surface area (Å²) in [6.45, 7) is 7.60. The van der Waals surface area contributed by atoms with Gasteiger partial charge in [0, 0.05) is 0 Å². The summed E-state index contributed by atoms with van der Waals surface area (Å²) < 4.78 is 77.2. The van der Waals surface area contributed by atoms with Gasteiger partial charge in [-0.1, -0.05) is 27.7 Å². The van der Waals surface area contributed by atoms with Crippen molar-refractivity contribution in [2.75, 3.05) is 0 Å². The van der Waals surface area contributed by atoms with E-state index in [1.165, 1.54) is 0 Å². The van der Waals surface area contributed by atoms with Crippen molar-refractivity contribution in [3.8, 4) is 0 Å². The first-order chi connectivity index (χ1) is 11.2. The summed E-state index contributed by atoms with van der Waals surface area (Å²) in [6.07, 6.45) is -9.23. The van der Waals surface area contributed by atoms with E-state index in [1.54, 1.807) is 0 Å². The largest absolute Gasteiger partial charge is 0.431 e. The van der Waals surface area contributed by atoms with Gasteiger partial charge in [-0.25, -0.2) is 0 Å². The zero-order chi connectivity index (χ0) is 19.6. The molecular formula is C17H24F6OSi. The molecule has 8 heteroatoms. The fraction of sp³-hybridized carbons (Fsp3) is 0.647. The van der Waals surface area contributed by atoms with Crippen molar-refractivity contribution in [3.05, 3.63) is 34.9 Å². The van der Waals surface area contributed by atoms with Gasteiger partial charge in [-0.05, 0) is 53.7 Å². The highest BCUT2D eigenvalue weighted by molar-refractivity contribution is 6.75. The van der Waals surface area contributed by atoms with Crippen LogP contribution in [0.25, 0.3) is 0 Å². The second-order valence-corrected chi connectivity index (χ2v) is 11.9. The molecule has 144 valence electrons. The normalized spacial score (nSPS) is 13.8. The maximum absolute atomic E-state index is 12.9. The molecule has 0 amide bonds. The van der Waals surface area contributed by atoms with Crippen LogP contribution in [0.2, 0.25) is 17.1 Å². The molecular weight excluding hydrogens is 362 g/mol. The van der Waals surface area contributed by atoms with Gasteiger partial charge in [-0.15, -0.1) is 0 Å². The van der Waals surface area contributed by atoms with Crippen LogP contribution in [0.3, 0.4) is 0 Å². The number of hydrogen-bond donors (Lipinski definition) is 1. The number of hydrogen-bond acceptors (Lipinski definition) is 1. The van der Waals surface area contributed by atoms with Gasteiger partial charge in [0.25, 0.3) is 0 Å². The third-order valence-electron chi connectivity index (χ3n) is 4.69. The predicted molar refractivity (Wildman–Crippen MR) is 87.7 cm³/mol. The molecule has 1 nitrogen and oxygen atoms in total. The highest BCUT2D eigenvalue weighted by Gasteiger charge is 2.39. The van der Waals surface area contributed by atoms with Crippen LogP contribution < -0.4 is 0 Å². The minimum atomic E-state index is -4.83. The first-order valence-corrected chi connectivity index (χ1v) is 10.5. The summed E-state index contributed by atoms with van der Waals surface area (Å²) in [5.41, 5.74) is -2.46. The lowest BCUT2D eigenvalue weighted by Crippen LogP contribution is -2.41. The summed E-state index contributed by atoms with van der Waals surface area (Å²) in [5.74, 6) is 0. The van der Waals surface area contributed by atoms with Gasteiger partial charge >= 0.3 is 12.4 Å². The Balaban J connectivity index is 3.02. The van der Waals surface area contributed by atoms with Crippen LogP contribution in [0.15, 0.2) is 18.2 Å². The van der Waals surface area contributed by atoms with E-state index in [2.05, 4.69) is 0 Å². The van der Waals surface area contributed by atoms with Crippen molar-refractivity contribution in [1.29, 1.82) is 0 Å². The highest BCUT2D eigenvalue weighted by atomic mass is 28.4. The number of halogens is 6. The number of alkyl halides is 6. The molecule has 1 aromatic rings. The molecule has 25 heavy (non-hydrogen) atoms. The molecule has 1 rings (SSSR count). The summed E-state index contributed by atoms with van der Waals surface area (Å²) in [4.78, 5) is 10.8. The molecule has 0 unspecified atom stereocenters. The molecule has 1 aromatic carbocycles. The Morgan fingerprint density at radius 2 is 1.24 bits per heavy atom. The smallest absolute Gasteiger partial charge is 0.416 e. The lowest BCUT2D eigenvalue weighted by atomic mass is 10.0. The third-order valence-corrected chi connectivity index (χ3v) is 9.84. The summed E-state index contributed by atoms with van der Waals surface area (Å²) in [5, 5.41) is 0. The Labute approximate surface area is 145 Å². The minimum Gasteiger partial charge on any atom is -0.431 e. The van der Waals surface area contributed by atoms with Crippen LogP contribution >= 0.6 is 0 Å². The average Bonchev–Trinajstić information content (AvgIpc) is 2.44. The van der Waals surface area contributed by atoms with Gasteiger partial charge in [0.2, 0.25) is 0 Å². The molecule has 0 saturated carbocycles. The van der Waals surface area contributed by atoms with Crippen LogP contribution in [0.5, 0.6) is 0 Å². The van der Waals surface area contributed by atoms with Crippen LogP contribution in [0.1, 0.15) is 50.8 Å². The van der Waals surface area contributed by atoms with Gasteiger partial charge < -0.3 is 4.80 Å². The van der Waals surface area contributed by atoms with Crippen molar-refractivity contribution < 1.29 is 31.1 Å². The zero-order valence-corrected chi connectivity index (χ0v) is 15.7. The van der Waals surface area contributed by atoms with E-state index in [0.29, 0.717) is 12.5 Å². The first kappa shape index (κ1) is 22.0. The molecule has 0 radical (unpaired) electrons. The Hall–Kier alpha value is -1.02. The standard InChI is InChI=1S/C17H24F6OSi/c1-11(2)25(24,12(3)4)7-5-6-13-8-14(16(18,19)20)10-15(9-13)17(21,22)23/h8-12,24H,5-7H2,1-4H3. The van der Waals surface area contributed by atoms with E-state index in [9.17, 15) is 31.1 Å². The maximum atomic E-state index is 12.9. The second-order valence-electron chi connectivity index (χ2n) is 7.07. The molecule has 0 aromatic heterocycles. The monoisotopic (exact) mass is 386 g/mol. The second kappa shape index (κ2) is 7.69. The lowest BCUT2D eigenvalue weighted by molar-refractivity contribution is -0.143. The SMILES string of the molecule is CC(C)[Si](O)(CCCc1cc(C(F)(F)F)cc(C(F)(F)F)c1)C(C)C. The molecule has 0 aliphatic heterocycles. The third kappa shape index (κ3) is 5.74. The highest BCUT2D eigenvalue weighted by Crippen LogP contribution is 2.38. The van der Waals surface area contributed by atoms with E-state index in [1.807, 2.05) is 27.7 Å². The van der Waals surface area contributed by atoms with Gasteiger partial charge in [0.05, 0.1) is 11.1 Å². The van der Waals surface area contributed by atoms with Crippen molar-refractivity contribution >= 4 is 8.32 Å². The topological polar surface area (TPSA) is 20.2 Å². The summed E-state index contributed by atoms with van der Waals surface area (Å²) in [7, 11) is -2.60. The van der Waals surface area contributed by atoms with Crippen molar-refractivity contribution in [3.63, 3.8) is 0 Å². The Morgan fingerprint density at radius 3 is 1.56 bits per heavy atom. The fourth-order valence-electron chi connectivity index (χ4n) is 2.98. The maximum Gasteiger partial charge on any atom is 0.416 e. The quantitative estimate of drug-likeness (QED) is 0.442. The Morgan fingerprint density at radius 1 is 0.840 bits per heavy atom. The van der Waals surface area contributed by atoms with E-state index < -0.39 is 31.8 Å². The molecule has 0 bridgehead atoms. The molecule has 0 spiro atoms. The van der Waals surface area contributed by atoms with Crippen LogP contribution in [0.4, 0.5) is 26.3 Å². The molecule has 0 aliphatic carbocycles. The zero-order valence-electron chi connectivity index (χ0n) is 14.7. The number of benzene rings is 1. The summed E-state index contributed by atoms with van der Waals surface area (Å²) >= 11 is 0. The number of aryl methyl sites for hydroxylation is 1. The predicted octanol–water partition coefficient (Wildman–Crippen LogP) is 6.41. The minimum absolute atomic E-state index is 0.00832. The lowest BCUT2D eigenvalue weighted by Gasteiger charge is -2.33. The van der Waals surface area contributed by atoms with Crippen molar-refractivity contribution in [1.82, 2.24) is 0 Å². The van der Waals surface area contributed by atoms with Crippen molar-refractivity contribution in [2.24, 2.45) is 0 Å². The molecule has 0 saturated heterocycles. The van der Waals surface area contributed by atoms with Crippen LogP contribution in [-0.2, 0) is 18.8 Å². The molecule has 1 N–H and O–H groups in total. The van der Waals surface area contributed by atoms with Gasteiger partial charge in [-0.2, -0.15) is 26.3 Å². The van der Waals surface area contributed by atoms with E-state index in [4.69, 9.17) is 0 Å². The van der Waals surface area contributed by atoms with Gasteiger partial charge in [0.15, 0.2) is 8.32 Å².